The van der Waals surface area contributed by atoms with E-state index in [-0.39, 0.29) is 29.3 Å². The Labute approximate surface area is 146 Å². The fourth-order valence-corrected chi connectivity index (χ4v) is 2.06. The molecule has 0 heterocycles. The first-order valence-electron chi connectivity index (χ1n) is 7.93. The summed E-state index contributed by atoms with van der Waals surface area (Å²) in [5.41, 5.74) is 0.843. The Balaban J connectivity index is 2.01. The van der Waals surface area contributed by atoms with Crippen LogP contribution in [0.2, 0.25) is 0 Å². The number of ketones is 1. The van der Waals surface area contributed by atoms with Crippen molar-refractivity contribution in [1.29, 1.82) is 0 Å². The van der Waals surface area contributed by atoms with Crippen LogP contribution in [0, 0.1) is 0 Å². The van der Waals surface area contributed by atoms with E-state index in [4.69, 9.17) is 9.47 Å². The van der Waals surface area contributed by atoms with Crippen molar-refractivity contribution in [1.82, 2.24) is 0 Å². The molecule has 0 atom stereocenters. The Kier molecular flexibility index (Phi) is 6.34. The second kappa shape index (κ2) is 8.68. The third kappa shape index (κ3) is 4.94. The summed E-state index contributed by atoms with van der Waals surface area (Å²) in [5.74, 6) is -0.656. The lowest BCUT2D eigenvalue weighted by atomic mass is 10.0. The molecule has 0 aliphatic heterocycles. The van der Waals surface area contributed by atoms with Crippen molar-refractivity contribution in [3.63, 3.8) is 0 Å². The van der Waals surface area contributed by atoms with Crippen molar-refractivity contribution in [2.24, 2.45) is 0 Å². The molecular weight excluding hydrogens is 320 g/mol. The Morgan fingerprint density at radius 2 is 1.84 bits per heavy atom. The van der Waals surface area contributed by atoms with Gasteiger partial charge in [-0.05, 0) is 18.6 Å². The molecule has 0 aliphatic carbocycles. The monoisotopic (exact) mass is 340 g/mol. The van der Waals surface area contributed by atoms with E-state index in [0.29, 0.717) is 17.9 Å². The van der Waals surface area contributed by atoms with Gasteiger partial charge < -0.3 is 14.6 Å². The largest absolute Gasteiger partial charge is 0.507 e. The van der Waals surface area contributed by atoms with E-state index in [1.165, 1.54) is 12.1 Å². The molecule has 1 N–H and O–H groups in total. The number of hydrogen-bond acceptors (Lipinski definition) is 5. The summed E-state index contributed by atoms with van der Waals surface area (Å²) in [6.07, 6.45) is 0.727. The number of phenols is 1. The highest BCUT2D eigenvalue weighted by Crippen LogP contribution is 2.26. The Morgan fingerprint density at radius 3 is 2.48 bits per heavy atom. The number of esters is 1. The summed E-state index contributed by atoms with van der Waals surface area (Å²) in [5, 5.41) is 10.1. The molecule has 0 saturated heterocycles. The maximum atomic E-state index is 12.4. The first kappa shape index (κ1) is 18.3. The molecule has 2 rings (SSSR count). The number of rotatable bonds is 8. The smallest absolute Gasteiger partial charge is 0.336 e. The van der Waals surface area contributed by atoms with Gasteiger partial charge in [-0.3, -0.25) is 4.79 Å². The lowest BCUT2D eigenvalue weighted by Crippen LogP contribution is -2.13. The van der Waals surface area contributed by atoms with Crippen LogP contribution in [-0.2, 0) is 9.53 Å². The number of ether oxygens (including phenoxy) is 2. The summed E-state index contributed by atoms with van der Waals surface area (Å²) >= 11 is 0. The van der Waals surface area contributed by atoms with E-state index < -0.39 is 5.97 Å². The van der Waals surface area contributed by atoms with E-state index in [0.717, 1.165) is 6.42 Å². The van der Waals surface area contributed by atoms with Gasteiger partial charge in [-0.15, -0.1) is 0 Å². The topological polar surface area (TPSA) is 72.8 Å². The van der Waals surface area contributed by atoms with Gasteiger partial charge in [0.05, 0.1) is 17.7 Å². The molecule has 0 bridgehead atoms. The van der Waals surface area contributed by atoms with Gasteiger partial charge in [0.15, 0.2) is 5.78 Å². The minimum atomic E-state index is -0.512. The first-order chi connectivity index (χ1) is 12.0. The van der Waals surface area contributed by atoms with Gasteiger partial charge in [0.25, 0.3) is 0 Å². The van der Waals surface area contributed by atoms with Gasteiger partial charge in [-0.2, -0.15) is 0 Å². The molecule has 0 amide bonds. The van der Waals surface area contributed by atoms with E-state index in [1.54, 1.807) is 30.3 Å². The number of hydrogen-bond donors (Lipinski definition) is 1. The quantitative estimate of drug-likeness (QED) is 0.452. The van der Waals surface area contributed by atoms with Gasteiger partial charge in [0.2, 0.25) is 0 Å². The summed E-state index contributed by atoms with van der Waals surface area (Å²) < 4.78 is 10.4. The standard InChI is InChI=1S/C20H20O5/c1-3-11-24-20(23)14(2)13-25-16-9-10-17(18(21)12-16)19(22)15-7-5-4-6-8-15/h4-10,12,21H,2-3,11,13H2,1H3. The Hall–Kier alpha value is -3.08. The molecular formula is C20H20O5. The van der Waals surface area contributed by atoms with Crippen LogP contribution in [0.25, 0.3) is 0 Å². The second-order valence-electron chi connectivity index (χ2n) is 5.40. The Bertz CT molecular complexity index is 765. The van der Waals surface area contributed by atoms with Crippen LogP contribution in [0.1, 0.15) is 29.3 Å². The number of carbonyl (C=O) groups excluding carboxylic acids is 2. The first-order valence-corrected chi connectivity index (χ1v) is 7.93. The van der Waals surface area contributed by atoms with E-state index >= 15 is 0 Å². The number of phenolic OH excluding ortho intramolecular Hbond substituents is 1. The van der Waals surface area contributed by atoms with Crippen molar-refractivity contribution in [3.8, 4) is 11.5 Å². The maximum Gasteiger partial charge on any atom is 0.336 e. The van der Waals surface area contributed by atoms with Gasteiger partial charge in [-0.1, -0.05) is 43.8 Å². The van der Waals surface area contributed by atoms with Crippen LogP contribution in [0.5, 0.6) is 11.5 Å². The zero-order valence-corrected chi connectivity index (χ0v) is 14.0. The highest BCUT2D eigenvalue weighted by atomic mass is 16.5. The molecule has 0 radical (unpaired) electrons. The number of carbonyl (C=O) groups is 2. The predicted molar refractivity (Wildman–Crippen MR) is 93.9 cm³/mol. The molecule has 130 valence electrons. The molecule has 0 spiro atoms. The van der Waals surface area contributed by atoms with Crippen molar-refractivity contribution < 1.29 is 24.2 Å². The number of benzene rings is 2. The lowest BCUT2D eigenvalue weighted by molar-refractivity contribution is -0.139. The Morgan fingerprint density at radius 1 is 1.12 bits per heavy atom. The van der Waals surface area contributed by atoms with Crippen LogP contribution < -0.4 is 4.74 Å². The molecule has 0 saturated carbocycles. The molecule has 2 aromatic rings. The summed E-state index contributed by atoms with van der Waals surface area (Å²) in [6.45, 7) is 5.78. The maximum absolute atomic E-state index is 12.4. The summed E-state index contributed by atoms with van der Waals surface area (Å²) in [7, 11) is 0. The zero-order valence-electron chi connectivity index (χ0n) is 14.0. The number of aromatic hydroxyl groups is 1. The van der Waals surface area contributed by atoms with E-state index in [2.05, 4.69) is 6.58 Å². The van der Waals surface area contributed by atoms with Crippen molar-refractivity contribution >= 4 is 11.8 Å². The zero-order chi connectivity index (χ0) is 18.2. The summed E-state index contributed by atoms with van der Waals surface area (Å²) in [4.78, 5) is 24.0. The lowest BCUT2D eigenvalue weighted by Gasteiger charge is -2.10. The van der Waals surface area contributed by atoms with Crippen LogP contribution in [0.15, 0.2) is 60.7 Å². The highest BCUT2D eigenvalue weighted by Gasteiger charge is 2.15. The van der Waals surface area contributed by atoms with Crippen molar-refractivity contribution in [2.45, 2.75) is 13.3 Å². The fraction of sp³-hybridized carbons (Fsp3) is 0.200. The minimum absolute atomic E-state index is 0.0615. The third-order valence-corrected chi connectivity index (χ3v) is 3.39. The van der Waals surface area contributed by atoms with Gasteiger partial charge >= 0.3 is 5.97 Å². The fourth-order valence-electron chi connectivity index (χ4n) is 2.06. The van der Waals surface area contributed by atoms with E-state index in [9.17, 15) is 14.7 Å². The van der Waals surface area contributed by atoms with Gasteiger partial charge in [0.1, 0.15) is 18.1 Å². The van der Waals surface area contributed by atoms with Crippen LogP contribution in [-0.4, -0.2) is 30.1 Å². The third-order valence-electron chi connectivity index (χ3n) is 3.39. The van der Waals surface area contributed by atoms with Gasteiger partial charge in [0, 0.05) is 11.6 Å². The highest BCUT2D eigenvalue weighted by molar-refractivity contribution is 6.10. The average molecular weight is 340 g/mol. The predicted octanol–water partition coefficient (Wildman–Crippen LogP) is 3.51. The minimum Gasteiger partial charge on any atom is -0.507 e. The van der Waals surface area contributed by atoms with Crippen LogP contribution in [0.3, 0.4) is 0 Å². The molecule has 0 aliphatic rings. The average Bonchev–Trinajstić information content (AvgIpc) is 2.64. The molecule has 0 fully saturated rings. The normalized spacial score (nSPS) is 10.1. The molecule has 2 aromatic carbocycles. The molecule has 0 unspecified atom stereocenters. The molecule has 5 nitrogen and oxygen atoms in total. The van der Waals surface area contributed by atoms with Crippen molar-refractivity contribution in [2.75, 3.05) is 13.2 Å². The van der Waals surface area contributed by atoms with Crippen LogP contribution in [0.4, 0.5) is 0 Å². The van der Waals surface area contributed by atoms with E-state index in [1.807, 2.05) is 13.0 Å². The summed E-state index contributed by atoms with van der Waals surface area (Å²) in [6, 6.07) is 13.1. The molecule has 5 heteroatoms. The molecule has 0 aromatic heterocycles. The second-order valence-corrected chi connectivity index (χ2v) is 5.40. The van der Waals surface area contributed by atoms with Crippen molar-refractivity contribution in [3.05, 3.63) is 71.8 Å². The van der Waals surface area contributed by atoms with Gasteiger partial charge in [-0.25, -0.2) is 4.79 Å². The van der Waals surface area contributed by atoms with Crippen LogP contribution >= 0.6 is 0 Å². The SMILES string of the molecule is C=C(COc1ccc(C(=O)c2ccccc2)c(O)c1)C(=O)OCCC. The molecule has 25 heavy (non-hydrogen) atoms.